The van der Waals surface area contributed by atoms with Crippen molar-refractivity contribution in [3.8, 4) is 34.1 Å². The van der Waals surface area contributed by atoms with Crippen LogP contribution in [0.1, 0.15) is 10.4 Å². The lowest BCUT2D eigenvalue weighted by Crippen LogP contribution is -2.15. The number of rotatable bonds is 7. The maximum atomic E-state index is 13.4. The fraction of sp³-hybridized carbons (Fsp3) is 0.148. The van der Waals surface area contributed by atoms with Crippen molar-refractivity contribution in [3.05, 3.63) is 76.8 Å². The van der Waals surface area contributed by atoms with Crippen molar-refractivity contribution in [2.24, 2.45) is 0 Å². The molecule has 0 saturated heterocycles. The molecule has 0 saturated carbocycles. The number of carbonyl (C=O) groups excluding carboxylic acids is 1. The van der Waals surface area contributed by atoms with Gasteiger partial charge in [0.05, 0.1) is 34.0 Å². The van der Waals surface area contributed by atoms with Gasteiger partial charge < -0.3 is 24.3 Å². The summed E-state index contributed by atoms with van der Waals surface area (Å²) in [5.41, 5.74) is 3.02. The minimum absolute atomic E-state index is 0.336. The number of methoxy groups -OCH3 is 4. The molecule has 0 heterocycles. The minimum Gasteiger partial charge on any atom is -0.493 e. The quantitative estimate of drug-likeness (QED) is 0.298. The molecule has 0 aliphatic carbocycles. The Morgan fingerprint density at radius 3 is 2.00 bits per heavy atom. The van der Waals surface area contributed by atoms with Gasteiger partial charge in [0, 0.05) is 15.5 Å². The second-order valence-electron chi connectivity index (χ2n) is 7.39. The van der Waals surface area contributed by atoms with Gasteiger partial charge in [-0.2, -0.15) is 0 Å². The van der Waals surface area contributed by atoms with Gasteiger partial charge in [0.15, 0.2) is 23.0 Å². The highest BCUT2D eigenvalue weighted by atomic mass is 79.9. The van der Waals surface area contributed by atoms with Crippen molar-refractivity contribution >= 4 is 38.3 Å². The highest BCUT2D eigenvalue weighted by Crippen LogP contribution is 2.41. The zero-order valence-corrected chi connectivity index (χ0v) is 20.9. The Bertz CT molecular complexity index is 1350. The van der Waals surface area contributed by atoms with E-state index in [-0.39, 0.29) is 5.91 Å². The molecule has 0 aromatic heterocycles. The molecule has 0 spiro atoms. The van der Waals surface area contributed by atoms with E-state index < -0.39 is 0 Å². The van der Waals surface area contributed by atoms with Gasteiger partial charge in [0.1, 0.15) is 0 Å². The Morgan fingerprint density at radius 2 is 1.38 bits per heavy atom. The van der Waals surface area contributed by atoms with E-state index in [2.05, 4.69) is 21.2 Å². The number of ether oxygens (including phenoxy) is 4. The number of nitrogens with one attached hydrogen (secondary N) is 1. The minimum atomic E-state index is -0.342. The van der Waals surface area contributed by atoms with Crippen LogP contribution in [0.4, 0.5) is 5.69 Å². The standard InChI is InChI=1S/C27H24BrNO5/c1-31-22-13-11-20(28)25(26(22)34-4)27(30)29-21-12-10-17(16-8-6-5-7-9-16)18-14-23(32-2)24(33-3)15-19(18)21/h5-15H,1-4H3,(H,29,30). The number of hydrogen-bond donors (Lipinski definition) is 1. The first-order valence-electron chi connectivity index (χ1n) is 10.5. The molecule has 1 amide bonds. The normalized spacial score (nSPS) is 10.6. The smallest absolute Gasteiger partial charge is 0.260 e. The number of carbonyl (C=O) groups is 1. The van der Waals surface area contributed by atoms with Crippen LogP contribution in [-0.4, -0.2) is 34.3 Å². The van der Waals surface area contributed by atoms with Crippen LogP contribution in [0.5, 0.6) is 23.0 Å². The van der Waals surface area contributed by atoms with Gasteiger partial charge in [-0.25, -0.2) is 0 Å². The largest absolute Gasteiger partial charge is 0.493 e. The van der Waals surface area contributed by atoms with Crippen LogP contribution in [-0.2, 0) is 0 Å². The molecule has 7 heteroatoms. The summed E-state index contributed by atoms with van der Waals surface area (Å²) in [6.07, 6.45) is 0. The molecule has 0 fully saturated rings. The average molecular weight is 522 g/mol. The van der Waals surface area contributed by atoms with E-state index in [0.29, 0.717) is 38.7 Å². The molecule has 0 aliphatic rings. The van der Waals surface area contributed by atoms with Gasteiger partial charge in [0.25, 0.3) is 5.91 Å². The summed E-state index contributed by atoms with van der Waals surface area (Å²) in [4.78, 5) is 13.4. The summed E-state index contributed by atoms with van der Waals surface area (Å²) in [7, 11) is 6.22. The lowest BCUT2D eigenvalue weighted by molar-refractivity contribution is 0.102. The van der Waals surface area contributed by atoms with E-state index in [0.717, 1.165) is 21.9 Å². The molecular formula is C27H24BrNO5. The molecule has 34 heavy (non-hydrogen) atoms. The van der Waals surface area contributed by atoms with Crippen LogP contribution >= 0.6 is 15.9 Å². The first-order chi connectivity index (χ1) is 16.5. The number of halogens is 1. The monoisotopic (exact) mass is 521 g/mol. The molecule has 4 aromatic carbocycles. The summed E-state index contributed by atoms with van der Waals surface area (Å²) in [6.45, 7) is 0. The average Bonchev–Trinajstić information content (AvgIpc) is 2.88. The first-order valence-corrected chi connectivity index (χ1v) is 11.3. The molecule has 0 aliphatic heterocycles. The van der Waals surface area contributed by atoms with Gasteiger partial charge in [0.2, 0.25) is 0 Å². The summed E-state index contributed by atoms with van der Waals surface area (Å²) in [5, 5.41) is 4.76. The highest BCUT2D eigenvalue weighted by molar-refractivity contribution is 9.10. The molecule has 174 valence electrons. The molecule has 0 unspecified atom stereocenters. The Labute approximate surface area is 206 Å². The maximum absolute atomic E-state index is 13.4. The zero-order valence-electron chi connectivity index (χ0n) is 19.3. The highest BCUT2D eigenvalue weighted by Gasteiger charge is 2.22. The lowest BCUT2D eigenvalue weighted by atomic mass is 9.96. The number of hydrogen-bond acceptors (Lipinski definition) is 5. The van der Waals surface area contributed by atoms with Crippen LogP contribution < -0.4 is 24.3 Å². The van der Waals surface area contributed by atoms with Gasteiger partial charge in [-0.15, -0.1) is 0 Å². The summed E-state index contributed by atoms with van der Waals surface area (Å²) >= 11 is 3.47. The Kier molecular flexibility index (Phi) is 6.93. The van der Waals surface area contributed by atoms with E-state index in [1.54, 1.807) is 26.4 Å². The SMILES string of the molecule is COc1cc2c(NC(=O)c3c(Br)ccc(OC)c3OC)ccc(-c3ccccc3)c2cc1OC. The number of benzene rings is 4. The Morgan fingerprint density at radius 1 is 0.735 bits per heavy atom. The summed E-state index contributed by atoms with van der Waals surface area (Å²) < 4.78 is 22.5. The van der Waals surface area contributed by atoms with Crippen LogP contribution in [0.3, 0.4) is 0 Å². The molecule has 6 nitrogen and oxygen atoms in total. The van der Waals surface area contributed by atoms with Gasteiger partial charge in [-0.05, 0) is 62.8 Å². The third kappa shape index (κ3) is 4.26. The molecule has 0 bridgehead atoms. The van der Waals surface area contributed by atoms with Crippen molar-refractivity contribution in [1.82, 2.24) is 0 Å². The fourth-order valence-electron chi connectivity index (χ4n) is 3.95. The predicted octanol–water partition coefficient (Wildman–Crippen LogP) is 6.56. The maximum Gasteiger partial charge on any atom is 0.260 e. The van der Waals surface area contributed by atoms with Gasteiger partial charge in [-0.1, -0.05) is 36.4 Å². The van der Waals surface area contributed by atoms with Crippen molar-refractivity contribution in [2.75, 3.05) is 33.8 Å². The molecule has 4 rings (SSSR count). The van der Waals surface area contributed by atoms with E-state index in [4.69, 9.17) is 18.9 Å². The van der Waals surface area contributed by atoms with E-state index in [1.807, 2.05) is 54.6 Å². The Balaban J connectivity index is 1.88. The topological polar surface area (TPSA) is 66.0 Å². The van der Waals surface area contributed by atoms with Crippen LogP contribution in [0, 0.1) is 0 Å². The molecule has 0 radical (unpaired) electrons. The summed E-state index contributed by atoms with van der Waals surface area (Å²) in [6, 6.07) is 21.2. The van der Waals surface area contributed by atoms with Gasteiger partial charge in [-0.3, -0.25) is 4.79 Å². The molecule has 4 aromatic rings. The van der Waals surface area contributed by atoms with E-state index in [1.165, 1.54) is 14.2 Å². The second kappa shape index (κ2) is 10.1. The van der Waals surface area contributed by atoms with Crippen molar-refractivity contribution in [1.29, 1.82) is 0 Å². The van der Waals surface area contributed by atoms with Crippen LogP contribution in [0.25, 0.3) is 21.9 Å². The molecule has 1 N–H and O–H groups in total. The first kappa shape index (κ1) is 23.4. The number of anilines is 1. The third-order valence-corrected chi connectivity index (χ3v) is 6.24. The van der Waals surface area contributed by atoms with Crippen molar-refractivity contribution < 1.29 is 23.7 Å². The Hall–Kier alpha value is -3.71. The van der Waals surface area contributed by atoms with Crippen molar-refractivity contribution in [2.45, 2.75) is 0 Å². The fourth-order valence-corrected chi connectivity index (χ4v) is 4.44. The van der Waals surface area contributed by atoms with Crippen LogP contribution in [0.15, 0.2) is 71.2 Å². The lowest BCUT2D eigenvalue weighted by Gasteiger charge is -2.17. The molecule has 0 atom stereocenters. The van der Waals surface area contributed by atoms with Crippen molar-refractivity contribution in [3.63, 3.8) is 0 Å². The van der Waals surface area contributed by atoms with Gasteiger partial charge >= 0.3 is 0 Å². The summed E-state index contributed by atoms with van der Waals surface area (Å²) in [5.74, 6) is 1.64. The number of amides is 1. The van der Waals surface area contributed by atoms with E-state index >= 15 is 0 Å². The van der Waals surface area contributed by atoms with Crippen LogP contribution in [0.2, 0.25) is 0 Å². The third-order valence-electron chi connectivity index (χ3n) is 5.58. The predicted molar refractivity (Wildman–Crippen MR) is 138 cm³/mol. The van der Waals surface area contributed by atoms with E-state index in [9.17, 15) is 4.79 Å². The zero-order chi connectivity index (χ0) is 24.2. The number of fused-ring (bicyclic) bond motifs is 1. The molecular weight excluding hydrogens is 498 g/mol. The second-order valence-corrected chi connectivity index (χ2v) is 8.25.